The third-order valence-corrected chi connectivity index (χ3v) is 5.21. The SMILES string of the molecule is COC(=O)CC(C)(c1cc(Br)cs1)C(C)(C)N. The molecule has 0 spiro atoms. The van der Waals surface area contributed by atoms with E-state index in [1.807, 2.05) is 32.2 Å². The van der Waals surface area contributed by atoms with Crippen molar-refractivity contribution in [2.24, 2.45) is 5.73 Å². The van der Waals surface area contributed by atoms with Gasteiger partial charge >= 0.3 is 5.97 Å². The quantitative estimate of drug-likeness (QED) is 0.868. The van der Waals surface area contributed by atoms with Gasteiger partial charge in [0.15, 0.2) is 0 Å². The van der Waals surface area contributed by atoms with Crippen molar-refractivity contribution in [3.8, 4) is 0 Å². The minimum Gasteiger partial charge on any atom is -0.469 e. The second-order valence-corrected chi connectivity index (χ2v) is 6.76. The molecular weight excluding hydrogens is 302 g/mol. The molecule has 0 bridgehead atoms. The maximum Gasteiger partial charge on any atom is 0.306 e. The van der Waals surface area contributed by atoms with Gasteiger partial charge in [-0.25, -0.2) is 0 Å². The number of rotatable bonds is 4. The van der Waals surface area contributed by atoms with Gasteiger partial charge in [-0.2, -0.15) is 0 Å². The Kier molecular flexibility index (Phi) is 4.38. The fraction of sp³-hybridized carbons (Fsp3) is 0.583. The van der Waals surface area contributed by atoms with Crippen LogP contribution in [-0.2, 0) is 14.9 Å². The molecule has 0 radical (unpaired) electrons. The van der Waals surface area contributed by atoms with Gasteiger partial charge in [-0.15, -0.1) is 11.3 Å². The van der Waals surface area contributed by atoms with Crippen LogP contribution in [0.3, 0.4) is 0 Å². The molecule has 0 amide bonds. The Morgan fingerprint density at radius 3 is 2.47 bits per heavy atom. The van der Waals surface area contributed by atoms with Crippen LogP contribution >= 0.6 is 27.3 Å². The van der Waals surface area contributed by atoms with Crippen molar-refractivity contribution in [1.29, 1.82) is 0 Å². The highest BCUT2D eigenvalue weighted by Crippen LogP contribution is 2.41. The van der Waals surface area contributed by atoms with Gasteiger partial charge < -0.3 is 10.5 Å². The normalized spacial score (nSPS) is 15.4. The first-order valence-corrected chi connectivity index (χ1v) is 6.98. The summed E-state index contributed by atoms with van der Waals surface area (Å²) in [6.07, 6.45) is 0.278. The van der Waals surface area contributed by atoms with Gasteiger partial charge in [0.25, 0.3) is 0 Å². The molecule has 1 unspecified atom stereocenters. The van der Waals surface area contributed by atoms with E-state index in [2.05, 4.69) is 15.9 Å². The van der Waals surface area contributed by atoms with Gasteiger partial charge in [-0.05, 0) is 35.8 Å². The van der Waals surface area contributed by atoms with Gasteiger partial charge in [0.1, 0.15) is 0 Å². The highest BCUT2D eigenvalue weighted by atomic mass is 79.9. The lowest BCUT2D eigenvalue weighted by Crippen LogP contribution is -2.53. The second kappa shape index (κ2) is 5.08. The maximum atomic E-state index is 11.6. The Labute approximate surface area is 114 Å². The van der Waals surface area contributed by atoms with Crippen LogP contribution < -0.4 is 5.73 Å². The Morgan fingerprint density at radius 2 is 2.12 bits per heavy atom. The molecule has 0 aliphatic rings. The predicted octanol–water partition coefficient (Wildman–Crippen LogP) is 3.07. The van der Waals surface area contributed by atoms with Crippen molar-refractivity contribution in [2.75, 3.05) is 7.11 Å². The van der Waals surface area contributed by atoms with Crippen molar-refractivity contribution in [3.63, 3.8) is 0 Å². The van der Waals surface area contributed by atoms with Crippen LogP contribution in [0.2, 0.25) is 0 Å². The molecule has 1 aromatic heterocycles. The highest BCUT2D eigenvalue weighted by Gasteiger charge is 2.42. The number of hydrogen-bond donors (Lipinski definition) is 1. The zero-order valence-corrected chi connectivity index (χ0v) is 12.9. The number of carbonyl (C=O) groups excluding carboxylic acids is 1. The average molecular weight is 320 g/mol. The number of ether oxygens (including phenoxy) is 1. The van der Waals surface area contributed by atoms with Crippen molar-refractivity contribution >= 4 is 33.2 Å². The van der Waals surface area contributed by atoms with E-state index < -0.39 is 11.0 Å². The molecule has 1 atom stereocenters. The summed E-state index contributed by atoms with van der Waals surface area (Å²) in [5.41, 5.74) is 5.30. The second-order valence-electron chi connectivity index (χ2n) is 4.94. The van der Waals surface area contributed by atoms with Crippen LogP contribution in [0.5, 0.6) is 0 Å². The van der Waals surface area contributed by atoms with Gasteiger partial charge in [0.05, 0.1) is 13.5 Å². The fourth-order valence-corrected chi connectivity index (χ4v) is 3.35. The van der Waals surface area contributed by atoms with Crippen molar-refractivity contribution in [2.45, 2.75) is 38.1 Å². The number of hydrogen-bond acceptors (Lipinski definition) is 4. The van der Waals surface area contributed by atoms with E-state index in [4.69, 9.17) is 10.5 Å². The molecule has 0 aliphatic heterocycles. The van der Waals surface area contributed by atoms with E-state index in [0.29, 0.717) is 0 Å². The van der Waals surface area contributed by atoms with E-state index in [1.54, 1.807) is 11.3 Å². The van der Waals surface area contributed by atoms with Crippen molar-refractivity contribution in [1.82, 2.24) is 0 Å². The lowest BCUT2D eigenvalue weighted by Gasteiger charge is -2.40. The van der Waals surface area contributed by atoms with E-state index in [0.717, 1.165) is 9.35 Å². The van der Waals surface area contributed by atoms with E-state index in [9.17, 15) is 4.79 Å². The first kappa shape index (κ1) is 14.7. The van der Waals surface area contributed by atoms with Gasteiger partial charge in [0.2, 0.25) is 0 Å². The van der Waals surface area contributed by atoms with Crippen LogP contribution in [-0.4, -0.2) is 18.6 Å². The first-order valence-electron chi connectivity index (χ1n) is 5.31. The smallest absolute Gasteiger partial charge is 0.306 e. The molecule has 0 aromatic carbocycles. The summed E-state index contributed by atoms with van der Waals surface area (Å²) in [6, 6.07) is 2.02. The van der Waals surface area contributed by atoms with Gasteiger partial charge in [-0.3, -0.25) is 4.79 Å². The number of halogens is 1. The Bertz CT molecular complexity index is 411. The standard InChI is InChI=1S/C12H18BrNO2S/c1-11(2,14)12(3,6-10(15)16-4)9-5-8(13)7-17-9/h5,7H,6,14H2,1-4H3. The number of nitrogens with two attached hydrogens (primary N) is 1. The first-order chi connectivity index (χ1) is 7.70. The lowest BCUT2D eigenvalue weighted by atomic mass is 9.70. The average Bonchev–Trinajstić information content (AvgIpc) is 2.63. The third kappa shape index (κ3) is 3.09. The molecule has 0 fully saturated rings. The van der Waals surface area contributed by atoms with Crippen molar-refractivity contribution in [3.05, 3.63) is 20.8 Å². The molecule has 5 heteroatoms. The zero-order valence-electron chi connectivity index (χ0n) is 10.5. The number of esters is 1. The minimum atomic E-state index is -0.508. The van der Waals surface area contributed by atoms with Crippen LogP contribution in [0, 0.1) is 0 Å². The molecule has 2 N–H and O–H groups in total. The van der Waals surface area contributed by atoms with Crippen LogP contribution in [0.25, 0.3) is 0 Å². The predicted molar refractivity (Wildman–Crippen MR) is 74.3 cm³/mol. The van der Waals surface area contributed by atoms with Crippen LogP contribution in [0.15, 0.2) is 15.9 Å². The summed E-state index contributed by atoms with van der Waals surface area (Å²) in [6.45, 7) is 5.87. The molecule has 1 rings (SSSR count). The summed E-state index contributed by atoms with van der Waals surface area (Å²) >= 11 is 5.03. The Hall–Kier alpha value is -0.390. The molecule has 0 aliphatic carbocycles. The fourth-order valence-electron chi connectivity index (χ4n) is 1.60. The Morgan fingerprint density at radius 1 is 1.53 bits per heavy atom. The van der Waals surface area contributed by atoms with E-state index in [1.165, 1.54) is 7.11 Å². The molecular formula is C12H18BrNO2S. The van der Waals surface area contributed by atoms with Gasteiger partial charge in [0, 0.05) is 25.7 Å². The summed E-state index contributed by atoms with van der Waals surface area (Å²) in [5.74, 6) is -0.240. The summed E-state index contributed by atoms with van der Waals surface area (Å²) < 4.78 is 5.78. The number of methoxy groups -OCH3 is 1. The Balaban J connectivity index is 3.15. The molecule has 1 heterocycles. The number of carbonyl (C=O) groups is 1. The molecule has 0 saturated carbocycles. The highest BCUT2D eigenvalue weighted by molar-refractivity contribution is 9.10. The molecule has 96 valence electrons. The maximum absolute atomic E-state index is 11.6. The monoisotopic (exact) mass is 319 g/mol. The van der Waals surface area contributed by atoms with E-state index in [-0.39, 0.29) is 12.4 Å². The topological polar surface area (TPSA) is 52.3 Å². The minimum absolute atomic E-state index is 0.240. The largest absolute Gasteiger partial charge is 0.469 e. The van der Waals surface area contributed by atoms with Crippen LogP contribution in [0.1, 0.15) is 32.1 Å². The molecule has 1 aromatic rings. The molecule has 3 nitrogen and oxygen atoms in total. The summed E-state index contributed by atoms with van der Waals surface area (Å²) in [4.78, 5) is 12.7. The van der Waals surface area contributed by atoms with Gasteiger partial charge in [-0.1, -0.05) is 6.92 Å². The van der Waals surface area contributed by atoms with E-state index >= 15 is 0 Å². The summed E-state index contributed by atoms with van der Waals surface area (Å²) in [5, 5.41) is 2.00. The lowest BCUT2D eigenvalue weighted by molar-refractivity contribution is -0.142. The number of thiophene rings is 1. The molecule has 17 heavy (non-hydrogen) atoms. The summed E-state index contributed by atoms with van der Waals surface area (Å²) in [7, 11) is 1.40. The third-order valence-electron chi connectivity index (χ3n) is 3.26. The zero-order chi connectivity index (χ0) is 13.3. The molecule has 0 saturated heterocycles. The van der Waals surface area contributed by atoms with Crippen molar-refractivity contribution < 1.29 is 9.53 Å². The van der Waals surface area contributed by atoms with Crippen LogP contribution in [0.4, 0.5) is 0 Å².